The van der Waals surface area contributed by atoms with Crippen LogP contribution in [0.2, 0.25) is 0 Å². The number of benzene rings is 2. The maximum atomic E-state index is 12.3. The van der Waals surface area contributed by atoms with Crippen molar-refractivity contribution in [2.45, 2.75) is 13.5 Å². The van der Waals surface area contributed by atoms with E-state index in [1.165, 1.54) is 0 Å². The molecule has 0 amide bonds. The fourth-order valence-electron chi connectivity index (χ4n) is 2.70. The Morgan fingerprint density at radius 3 is 2.50 bits per heavy atom. The molecule has 0 N–H and O–H groups in total. The Morgan fingerprint density at radius 1 is 1.04 bits per heavy atom. The van der Waals surface area contributed by atoms with Crippen molar-refractivity contribution >= 4 is 22.6 Å². The van der Waals surface area contributed by atoms with E-state index in [4.69, 9.17) is 4.74 Å². The van der Waals surface area contributed by atoms with Crippen molar-refractivity contribution in [3.05, 3.63) is 65.9 Å². The molecule has 0 bridgehead atoms. The third-order valence-corrected chi connectivity index (χ3v) is 3.75. The summed E-state index contributed by atoms with van der Waals surface area (Å²) in [4.78, 5) is 14.3. The van der Waals surface area contributed by atoms with Crippen LogP contribution >= 0.6 is 0 Å². The Morgan fingerprint density at radius 2 is 1.75 bits per heavy atom. The average Bonchev–Trinajstić information content (AvgIpc) is 2.61. The van der Waals surface area contributed by atoms with E-state index in [-0.39, 0.29) is 5.69 Å². The summed E-state index contributed by atoms with van der Waals surface area (Å²) in [5.74, 6) is -0.453. The van der Waals surface area contributed by atoms with Gasteiger partial charge in [0.25, 0.3) is 0 Å². The van der Waals surface area contributed by atoms with Gasteiger partial charge in [0.15, 0.2) is 5.69 Å². The van der Waals surface area contributed by atoms with Crippen LogP contribution in [0.4, 0.5) is 5.69 Å². The number of carbonyl (C=O) groups excluding carboxylic acids is 1. The van der Waals surface area contributed by atoms with Crippen LogP contribution in [0.25, 0.3) is 10.9 Å². The number of aromatic nitrogens is 2. The fraction of sp³-hybridized carbons (Fsp3) is 0.211. The zero-order chi connectivity index (χ0) is 16.9. The normalized spacial score (nSPS) is 10.6. The first-order chi connectivity index (χ1) is 11.7. The van der Waals surface area contributed by atoms with Crippen molar-refractivity contribution in [2.75, 3.05) is 18.6 Å². The van der Waals surface area contributed by atoms with Crippen molar-refractivity contribution < 1.29 is 9.53 Å². The van der Waals surface area contributed by atoms with Gasteiger partial charge in [-0.25, -0.2) is 4.79 Å². The monoisotopic (exact) mass is 321 g/mol. The van der Waals surface area contributed by atoms with Gasteiger partial charge in [-0.1, -0.05) is 48.5 Å². The molecule has 1 heterocycles. The number of hydrogen-bond acceptors (Lipinski definition) is 5. The third-order valence-electron chi connectivity index (χ3n) is 3.75. The highest BCUT2D eigenvalue weighted by molar-refractivity contribution is 6.03. The molecule has 3 aromatic rings. The summed E-state index contributed by atoms with van der Waals surface area (Å²) < 4.78 is 5.15. The van der Waals surface area contributed by atoms with Crippen molar-refractivity contribution in [1.29, 1.82) is 0 Å². The molecule has 0 aliphatic rings. The second-order valence-electron chi connectivity index (χ2n) is 5.48. The van der Waals surface area contributed by atoms with Gasteiger partial charge in [0.2, 0.25) is 0 Å². The molecule has 5 nitrogen and oxygen atoms in total. The minimum atomic E-state index is -0.453. The Kier molecular flexibility index (Phi) is 4.70. The van der Waals surface area contributed by atoms with E-state index < -0.39 is 5.97 Å². The van der Waals surface area contributed by atoms with Gasteiger partial charge >= 0.3 is 5.97 Å². The minimum Gasteiger partial charge on any atom is -0.461 e. The van der Waals surface area contributed by atoms with Crippen molar-refractivity contribution in [3.8, 4) is 0 Å². The first-order valence-corrected chi connectivity index (χ1v) is 7.88. The molecule has 5 heteroatoms. The number of ether oxygens (including phenoxy) is 1. The highest BCUT2D eigenvalue weighted by Gasteiger charge is 2.21. The summed E-state index contributed by atoms with van der Waals surface area (Å²) in [6, 6.07) is 17.8. The van der Waals surface area contributed by atoms with Crippen LogP contribution in [0.15, 0.2) is 54.6 Å². The van der Waals surface area contributed by atoms with Crippen molar-refractivity contribution in [3.63, 3.8) is 0 Å². The van der Waals surface area contributed by atoms with E-state index in [0.29, 0.717) is 13.2 Å². The lowest BCUT2D eigenvalue weighted by Crippen LogP contribution is -2.22. The van der Waals surface area contributed by atoms with Crippen LogP contribution in [0.1, 0.15) is 23.0 Å². The van der Waals surface area contributed by atoms with Gasteiger partial charge in [0, 0.05) is 19.0 Å². The van der Waals surface area contributed by atoms with E-state index in [0.717, 1.165) is 22.2 Å². The van der Waals surface area contributed by atoms with Gasteiger partial charge in [0.05, 0.1) is 17.8 Å². The summed E-state index contributed by atoms with van der Waals surface area (Å²) in [7, 11) is 1.94. The van der Waals surface area contributed by atoms with E-state index in [1.807, 2.05) is 54.4 Å². The predicted molar refractivity (Wildman–Crippen MR) is 94.0 cm³/mol. The SMILES string of the molecule is CCOC(=O)c1nnc2ccccc2c1N(C)Cc1ccccc1. The van der Waals surface area contributed by atoms with Crippen LogP contribution in [-0.4, -0.2) is 29.8 Å². The molecule has 0 radical (unpaired) electrons. The molecule has 122 valence electrons. The summed E-state index contributed by atoms with van der Waals surface area (Å²) in [6.45, 7) is 2.73. The fourth-order valence-corrected chi connectivity index (χ4v) is 2.70. The number of hydrogen-bond donors (Lipinski definition) is 0. The van der Waals surface area contributed by atoms with Crippen LogP contribution in [0.5, 0.6) is 0 Å². The smallest absolute Gasteiger partial charge is 0.361 e. The highest BCUT2D eigenvalue weighted by atomic mass is 16.5. The topological polar surface area (TPSA) is 55.3 Å². The third kappa shape index (κ3) is 3.20. The van der Waals surface area contributed by atoms with Gasteiger partial charge in [-0.05, 0) is 18.6 Å². The molecule has 24 heavy (non-hydrogen) atoms. The molecule has 2 aromatic carbocycles. The lowest BCUT2D eigenvalue weighted by Gasteiger charge is -2.22. The lowest BCUT2D eigenvalue weighted by atomic mass is 10.1. The molecular formula is C19H19N3O2. The summed E-state index contributed by atoms with van der Waals surface area (Å²) in [5.41, 5.74) is 2.88. The van der Waals surface area contributed by atoms with Crippen LogP contribution in [0.3, 0.4) is 0 Å². The summed E-state index contributed by atoms with van der Waals surface area (Å²) >= 11 is 0. The molecule has 0 saturated carbocycles. The van der Waals surface area contributed by atoms with Crippen molar-refractivity contribution in [1.82, 2.24) is 10.2 Å². The van der Waals surface area contributed by atoms with Gasteiger partial charge in [0.1, 0.15) is 0 Å². The molecule has 0 aliphatic heterocycles. The molecule has 0 spiro atoms. The minimum absolute atomic E-state index is 0.244. The highest BCUT2D eigenvalue weighted by Crippen LogP contribution is 2.29. The number of esters is 1. The zero-order valence-electron chi connectivity index (χ0n) is 13.8. The first-order valence-electron chi connectivity index (χ1n) is 7.88. The Hall–Kier alpha value is -2.95. The van der Waals surface area contributed by atoms with Gasteiger partial charge < -0.3 is 9.64 Å². The molecule has 0 saturated heterocycles. The largest absolute Gasteiger partial charge is 0.461 e. The number of anilines is 1. The zero-order valence-corrected chi connectivity index (χ0v) is 13.8. The summed E-state index contributed by atoms with van der Waals surface area (Å²) in [6.07, 6.45) is 0. The standard InChI is InChI=1S/C19H19N3O2/c1-3-24-19(23)17-18(15-11-7-8-12-16(15)20-21-17)22(2)13-14-9-5-4-6-10-14/h4-12H,3,13H2,1-2H3. The molecule has 1 aromatic heterocycles. The maximum Gasteiger partial charge on any atom is 0.361 e. The quantitative estimate of drug-likeness (QED) is 0.674. The van der Waals surface area contributed by atoms with E-state index in [1.54, 1.807) is 6.92 Å². The number of carbonyl (C=O) groups is 1. The van der Waals surface area contributed by atoms with Gasteiger partial charge in [-0.2, -0.15) is 0 Å². The van der Waals surface area contributed by atoms with Gasteiger partial charge in [-0.3, -0.25) is 0 Å². The lowest BCUT2D eigenvalue weighted by molar-refractivity contribution is 0.0519. The van der Waals surface area contributed by atoms with Crippen LogP contribution in [0, 0.1) is 0 Å². The predicted octanol–water partition coefficient (Wildman–Crippen LogP) is 3.44. The van der Waals surface area contributed by atoms with Gasteiger partial charge in [-0.15, -0.1) is 10.2 Å². The van der Waals surface area contributed by atoms with Crippen LogP contribution < -0.4 is 4.90 Å². The second-order valence-corrected chi connectivity index (χ2v) is 5.48. The molecule has 0 unspecified atom stereocenters. The number of fused-ring (bicyclic) bond motifs is 1. The second kappa shape index (κ2) is 7.08. The average molecular weight is 321 g/mol. The summed E-state index contributed by atoms with van der Waals surface area (Å²) in [5, 5.41) is 9.16. The Bertz CT molecular complexity index is 850. The first kappa shape index (κ1) is 15.9. The number of rotatable bonds is 5. The molecule has 0 fully saturated rings. The Balaban J connectivity index is 2.08. The maximum absolute atomic E-state index is 12.3. The van der Waals surface area contributed by atoms with Crippen molar-refractivity contribution in [2.24, 2.45) is 0 Å². The molecular weight excluding hydrogens is 302 g/mol. The number of nitrogens with zero attached hydrogens (tertiary/aromatic N) is 3. The van der Waals surface area contributed by atoms with E-state index >= 15 is 0 Å². The molecule has 3 rings (SSSR count). The Labute approximate surface area is 140 Å². The molecule has 0 atom stereocenters. The van der Waals surface area contributed by atoms with Crippen LogP contribution in [-0.2, 0) is 11.3 Å². The van der Waals surface area contributed by atoms with E-state index in [9.17, 15) is 4.79 Å². The molecule has 0 aliphatic carbocycles. The van der Waals surface area contributed by atoms with E-state index in [2.05, 4.69) is 22.3 Å².